The van der Waals surface area contributed by atoms with E-state index in [0.717, 1.165) is 83.5 Å². The first-order valence-corrected chi connectivity index (χ1v) is 30.2. The molecule has 0 radical (unpaired) electrons. The molecule has 3 N–H and O–H groups in total. The predicted molar refractivity (Wildman–Crippen MR) is 296 cm³/mol. The molecule has 6 nitrogen and oxygen atoms in total. The van der Waals surface area contributed by atoms with Crippen molar-refractivity contribution in [2.24, 2.45) is 0 Å². The molecule has 6 heteroatoms. The lowest BCUT2D eigenvalue weighted by atomic mass is 10.0. The Morgan fingerprint density at radius 3 is 1.16 bits per heavy atom. The molecule has 2 atom stereocenters. The molecule has 0 aliphatic rings. The number of carbonyl (C=O) groups is 2. The van der Waals surface area contributed by atoms with Crippen molar-refractivity contribution in [3.8, 4) is 0 Å². The van der Waals surface area contributed by atoms with Gasteiger partial charge in [-0.15, -0.1) is 0 Å². The average Bonchev–Trinajstić information content (AvgIpc) is 3.34. The summed E-state index contributed by atoms with van der Waals surface area (Å²) in [4.78, 5) is 24.5. The molecular weight excluding hydrogens is 839 g/mol. The summed E-state index contributed by atoms with van der Waals surface area (Å²) >= 11 is 0. The lowest BCUT2D eigenvalue weighted by molar-refractivity contribution is -0.143. The Kier molecular flexibility index (Phi) is 56.0. The molecule has 0 saturated carbocycles. The van der Waals surface area contributed by atoms with Gasteiger partial charge in [0.15, 0.2) is 0 Å². The number of amides is 1. The number of nitrogens with one attached hydrogen (secondary N) is 1. The molecule has 0 bridgehead atoms. The summed E-state index contributed by atoms with van der Waals surface area (Å²) in [6.45, 7) is 4.90. The first-order valence-electron chi connectivity index (χ1n) is 30.2. The quantitative estimate of drug-likeness (QED) is 0.0321. The lowest BCUT2D eigenvalue weighted by Crippen LogP contribution is -2.45. The van der Waals surface area contributed by atoms with Crippen LogP contribution >= 0.6 is 0 Å². The molecule has 0 aromatic carbocycles. The van der Waals surface area contributed by atoms with Gasteiger partial charge in [0.05, 0.1) is 25.4 Å². The third kappa shape index (κ3) is 53.4. The van der Waals surface area contributed by atoms with Crippen molar-refractivity contribution in [2.45, 2.75) is 334 Å². The fraction of sp³-hybridized carbons (Fsp3) is 0.871. The van der Waals surface area contributed by atoms with Crippen molar-refractivity contribution in [3.05, 3.63) is 36.5 Å². The van der Waals surface area contributed by atoms with Gasteiger partial charge in [0.1, 0.15) is 0 Å². The molecule has 0 rings (SSSR count). The summed E-state index contributed by atoms with van der Waals surface area (Å²) in [6.07, 6.45) is 71.4. The third-order valence-corrected chi connectivity index (χ3v) is 13.9. The van der Waals surface area contributed by atoms with E-state index < -0.39 is 12.1 Å². The highest BCUT2D eigenvalue weighted by Gasteiger charge is 2.20. The zero-order valence-corrected chi connectivity index (χ0v) is 45.6. The van der Waals surface area contributed by atoms with Gasteiger partial charge in [0.2, 0.25) is 5.91 Å². The van der Waals surface area contributed by atoms with Crippen LogP contribution in [0.5, 0.6) is 0 Å². The number of aliphatic hydroxyl groups excluding tert-OH is 2. The van der Waals surface area contributed by atoms with Crippen LogP contribution in [0.15, 0.2) is 36.5 Å². The molecule has 68 heavy (non-hydrogen) atoms. The number of unbranched alkanes of at least 4 members (excludes halogenated alkanes) is 39. The van der Waals surface area contributed by atoms with Crippen molar-refractivity contribution in [2.75, 3.05) is 13.2 Å². The number of rotatable bonds is 56. The van der Waals surface area contributed by atoms with E-state index in [2.05, 4.69) is 55.6 Å². The Bertz CT molecular complexity index is 1100. The number of hydrogen-bond acceptors (Lipinski definition) is 5. The Hall–Kier alpha value is -1.92. The number of ether oxygens (including phenoxy) is 1. The molecule has 1 amide bonds. The third-order valence-electron chi connectivity index (χ3n) is 13.9. The number of carbonyl (C=O) groups excluding carboxylic acids is 2. The van der Waals surface area contributed by atoms with E-state index in [1.54, 1.807) is 0 Å². The maximum Gasteiger partial charge on any atom is 0.305 e. The lowest BCUT2D eigenvalue weighted by Gasteiger charge is -2.22. The van der Waals surface area contributed by atoms with Gasteiger partial charge in [-0.05, 0) is 89.9 Å². The second kappa shape index (κ2) is 57.7. The van der Waals surface area contributed by atoms with Crippen molar-refractivity contribution in [1.82, 2.24) is 5.32 Å². The number of aliphatic hydroxyl groups is 2. The molecule has 0 aromatic heterocycles. The SMILES string of the molecule is CCCCC/C=C\CCCCCCCC(=O)OCCCCC/C=C\C/C=C\CCCCCCCCCC(=O)NC(CO)C(O)CCCCCCCCCCCCCCCCCCCCCCCC. The molecule has 0 spiro atoms. The molecule has 400 valence electrons. The van der Waals surface area contributed by atoms with Crippen LogP contribution in [0, 0.1) is 0 Å². The van der Waals surface area contributed by atoms with Crippen LogP contribution in [-0.2, 0) is 14.3 Å². The first kappa shape index (κ1) is 66.1. The maximum atomic E-state index is 12.5. The molecule has 0 saturated heterocycles. The van der Waals surface area contributed by atoms with Crippen LogP contribution in [0.3, 0.4) is 0 Å². The van der Waals surface area contributed by atoms with Crippen LogP contribution in [0.4, 0.5) is 0 Å². The summed E-state index contributed by atoms with van der Waals surface area (Å²) in [5.74, 6) is -0.0742. The summed E-state index contributed by atoms with van der Waals surface area (Å²) < 4.78 is 5.43. The van der Waals surface area contributed by atoms with E-state index in [4.69, 9.17) is 4.74 Å². The van der Waals surface area contributed by atoms with Gasteiger partial charge in [-0.2, -0.15) is 0 Å². The van der Waals surface area contributed by atoms with Crippen molar-refractivity contribution in [3.63, 3.8) is 0 Å². The van der Waals surface area contributed by atoms with E-state index in [9.17, 15) is 19.8 Å². The van der Waals surface area contributed by atoms with Crippen LogP contribution < -0.4 is 5.32 Å². The standard InChI is InChI=1S/C62H117NO5/c1-3-5-7-9-11-13-15-17-18-19-20-21-22-23-25-28-31-34-38-42-46-50-54-60(65)59(58-64)63-61(66)55-51-47-43-39-35-32-29-26-24-27-30-33-37-41-45-49-53-57-68-62(67)56-52-48-44-40-36-16-14-12-10-8-6-4-2/h12,14,24,27,33,37,59-60,64-65H,3-11,13,15-23,25-26,28-32,34-36,38-58H2,1-2H3,(H,63,66)/b14-12-,27-24-,37-33-. The zero-order chi connectivity index (χ0) is 49.3. The minimum atomic E-state index is -0.676. The fourth-order valence-corrected chi connectivity index (χ4v) is 9.25. The van der Waals surface area contributed by atoms with Gasteiger partial charge in [-0.1, -0.05) is 256 Å². The minimum absolute atomic E-state index is 0.0253. The van der Waals surface area contributed by atoms with Crippen LogP contribution in [-0.4, -0.2) is 47.4 Å². The van der Waals surface area contributed by atoms with E-state index in [-0.39, 0.29) is 18.5 Å². The van der Waals surface area contributed by atoms with E-state index in [1.807, 2.05) is 0 Å². The van der Waals surface area contributed by atoms with Gasteiger partial charge in [0, 0.05) is 12.8 Å². The molecule has 2 unspecified atom stereocenters. The van der Waals surface area contributed by atoms with Gasteiger partial charge < -0.3 is 20.3 Å². The predicted octanol–water partition coefficient (Wildman–Crippen LogP) is 18.8. The number of hydrogen-bond donors (Lipinski definition) is 3. The molecule has 0 aromatic rings. The normalized spacial score (nSPS) is 12.8. The summed E-state index contributed by atoms with van der Waals surface area (Å²) in [5, 5.41) is 23.4. The van der Waals surface area contributed by atoms with E-state index in [1.165, 1.54) is 205 Å². The maximum absolute atomic E-state index is 12.5. The Balaban J connectivity index is 3.50. The van der Waals surface area contributed by atoms with Gasteiger partial charge in [-0.25, -0.2) is 0 Å². The molecule has 0 heterocycles. The summed E-state index contributed by atoms with van der Waals surface area (Å²) in [6, 6.07) is -0.555. The topological polar surface area (TPSA) is 95.9 Å². The van der Waals surface area contributed by atoms with Crippen LogP contribution in [0.2, 0.25) is 0 Å². The number of esters is 1. The van der Waals surface area contributed by atoms with Gasteiger partial charge in [-0.3, -0.25) is 9.59 Å². The smallest absolute Gasteiger partial charge is 0.305 e. The van der Waals surface area contributed by atoms with Crippen molar-refractivity contribution in [1.29, 1.82) is 0 Å². The summed E-state index contributed by atoms with van der Waals surface area (Å²) in [5.41, 5.74) is 0. The second-order valence-electron chi connectivity index (χ2n) is 20.7. The van der Waals surface area contributed by atoms with Crippen LogP contribution in [0.25, 0.3) is 0 Å². The fourth-order valence-electron chi connectivity index (χ4n) is 9.25. The zero-order valence-electron chi connectivity index (χ0n) is 45.6. The number of allylic oxidation sites excluding steroid dienone is 6. The largest absolute Gasteiger partial charge is 0.466 e. The molecule has 0 fully saturated rings. The minimum Gasteiger partial charge on any atom is -0.466 e. The van der Waals surface area contributed by atoms with E-state index in [0.29, 0.717) is 25.9 Å². The van der Waals surface area contributed by atoms with Crippen molar-refractivity contribution >= 4 is 11.9 Å². The molecule has 0 aliphatic heterocycles. The van der Waals surface area contributed by atoms with Crippen molar-refractivity contribution < 1.29 is 24.5 Å². The van der Waals surface area contributed by atoms with Crippen LogP contribution in [0.1, 0.15) is 322 Å². The Morgan fingerprint density at radius 1 is 0.412 bits per heavy atom. The second-order valence-corrected chi connectivity index (χ2v) is 20.7. The highest BCUT2D eigenvalue weighted by Crippen LogP contribution is 2.17. The average molecular weight is 957 g/mol. The molecule has 0 aliphatic carbocycles. The first-order chi connectivity index (χ1) is 33.5. The highest BCUT2D eigenvalue weighted by molar-refractivity contribution is 5.76. The highest BCUT2D eigenvalue weighted by atomic mass is 16.5. The van der Waals surface area contributed by atoms with Gasteiger partial charge >= 0.3 is 5.97 Å². The molecular formula is C62H117NO5. The Morgan fingerprint density at radius 2 is 0.735 bits per heavy atom. The Labute approximate surface area is 424 Å². The van der Waals surface area contributed by atoms with Gasteiger partial charge in [0.25, 0.3) is 0 Å². The monoisotopic (exact) mass is 956 g/mol. The van der Waals surface area contributed by atoms with E-state index >= 15 is 0 Å². The summed E-state index contributed by atoms with van der Waals surface area (Å²) in [7, 11) is 0.